The van der Waals surface area contributed by atoms with E-state index in [1.807, 2.05) is 0 Å². The van der Waals surface area contributed by atoms with Crippen molar-refractivity contribution < 1.29 is 36.3 Å². The van der Waals surface area contributed by atoms with Gasteiger partial charge in [0.15, 0.2) is 11.9 Å². The van der Waals surface area contributed by atoms with Crippen molar-refractivity contribution in [1.29, 1.82) is 0 Å². The van der Waals surface area contributed by atoms with Gasteiger partial charge in [0.1, 0.15) is 21.1 Å². The number of amides is 1. The molecule has 32 heavy (non-hydrogen) atoms. The lowest BCUT2D eigenvalue weighted by Crippen LogP contribution is -2.60. The molecule has 0 aromatic heterocycles. The highest BCUT2D eigenvalue weighted by molar-refractivity contribution is 7.90. The fraction of sp³-hybridized carbons (Fsp3) is 0.600. The summed E-state index contributed by atoms with van der Waals surface area (Å²) in [7, 11) is -3.67. The Kier molecular flexibility index (Phi) is 7.38. The van der Waals surface area contributed by atoms with Crippen LogP contribution in [0.4, 0.5) is 13.2 Å². The summed E-state index contributed by atoms with van der Waals surface area (Å²) in [5.74, 6) is -2.99. The molecule has 0 saturated heterocycles. The minimum atomic E-state index is -4.60. The standard InChI is InChI=1S/C20H28F3N3O5S/c1-11-5-8-14(13-6-7-13)16(31-12(2)20(21,22)23)9-15(11)17(27)25-19(3,18(24)26-28)10-32(4,29)30/h5,8-9,12-13,15,28H,6-7,10H2,1-4H3,(H2,24,26)(H,25,27)/t12-,15?,19?/m0/s1. The van der Waals surface area contributed by atoms with Crippen molar-refractivity contribution in [3.8, 4) is 0 Å². The molecule has 2 aliphatic rings. The third-order valence-electron chi connectivity index (χ3n) is 5.31. The molecule has 12 heteroatoms. The first-order chi connectivity index (χ1) is 14.6. The smallest absolute Gasteiger partial charge is 0.425 e. The Morgan fingerprint density at radius 2 is 1.97 bits per heavy atom. The second-order valence-corrected chi connectivity index (χ2v) is 10.6. The van der Waals surface area contributed by atoms with Gasteiger partial charge in [-0.05, 0) is 51.2 Å². The second kappa shape index (κ2) is 9.16. The zero-order chi connectivity index (χ0) is 24.5. The van der Waals surface area contributed by atoms with Gasteiger partial charge in [-0.3, -0.25) is 4.79 Å². The first-order valence-electron chi connectivity index (χ1n) is 9.89. The summed E-state index contributed by atoms with van der Waals surface area (Å²) in [4.78, 5) is 13.1. The Morgan fingerprint density at radius 3 is 2.44 bits per heavy atom. The Bertz CT molecular complexity index is 981. The van der Waals surface area contributed by atoms with Crippen LogP contribution in [0.15, 0.2) is 40.3 Å². The summed E-state index contributed by atoms with van der Waals surface area (Å²) in [5.41, 5.74) is 4.98. The Hall–Kier alpha value is -2.50. The van der Waals surface area contributed by atoms with Crippen LogP contribution in [-0.2, 0) is 19.4 Å². The van der Waals surface area contributed by atoms with E-state index < -0.39 is 51.1 Å². The first kappa shape index (κ1) is 25.8. The number of oxime groups is 1. The maximum Gasteiger partial charge on any atom is 0.425 e. The molecule has 4 N–H and O–H groups in total. The highest BCUT2D eigenvalue weighted by atomic mass is 32.2. The highest BCUT2D eigenvalue weighted by Crippen LogP contribution is 2.43. The van der Waals surface area contributed by atoms with Crippen molar-refractivity contribution in [2.24, 2.45) is 22.7 Å². The molecule has 0 spiro atoms. The lowest BCUT2D eigenvalue weighted by atomic mass is 9.95. The van der Waals surface area contributed by atoms with Crippen LogP contribution in [0.5, 0.6) is 0 Å². The summed E-state index contributed by atoms with van der Waals surface area (Å²) in [6.45, 7) is 3.78. The molecular weight excluding hydrogens is 451 g/mol. The molecule has 2 rings (SSSR count). The minimum Gasteiger partial charge on any atom is -0.481 e. The monoisotopic (exact) mass is 479 g/mol. The van der Waals surface area contributed by atoms with Gasteiger partial charge in [-0.1, -0.05) is 22.9 Å². The number of nitrogens with two attached hydrogens (primary N) is 1. The molecule has 1 saturated carbocycles. The van der Waals surface area contributed by atoms with Crippen LogP contribution in [0.1, 0.15) is 33.6 Å². The number of carbonyl (C=O) groups excluding carboxylic acids is 1. The molecule has 0 aliphatic heterocycles. The van der Waals surface area contributed by atoms with Gasteiger partial charge in [0, 0.05) is 6.26 Å². The third-order valence-corrected chi connectivity index (χ3v) is 6.41. The zero-order valence-corrected chi connectivity index (χ0v) is 19.0. The van der Waals surface area contributed by atoms with Crippen molar-refractivity contribution in [1.82, 2.24) is 5.32 Å². The maximum absolute atomic E-state index is 13.1. The number of nitrogens with one attached hydrogen (secondary N) is 1. The molecule has 180 valence electrons. The molecule has 0 heterocycles. The van der Waals surface area contributed by atoms with Crippen molar-refractivity contribution >= 4 is 21.6 Å². The first-order valence-corrected chi connectivity index (χ1v) is 11.9. The lowest BCUT2D eigenvalue weighted by molar-refractivity contribution is -0.202. The Labute approximate surface area is 185 Å². The van der Waals surface area contributed by atoms with E-state index in [-0.39, 0.29) is 11.7 Å². The van der Waals surface area contributed by atoms with Gasteiger partial charge in [0.25, 0.3) is 0 Å². The summed E-state index contributed by atoms with van der Waals surface area (Å²) in [6, 6.07) is 0. The molecule has 0 aromatic rings. The summed E-state index contributed by atoms with van der Waals surface area (Å²) in [6.07, 6.45) is 0.407. The van der Waals surface area contributed by atoms with Crippen LogP contribution in [0, 0.1) is 11.8 Å². The van der Waals surface area contributed by atoms with E-state index in [2.05, 4.69) is 10.5 Å². The average molecular weight is 480 g/mol. The third kappa shape index (κ3) is 6.50. The number of rotatable bonds is 8. The number of ether oxygens (including phenoxy) is 1. The van der Waals surface area contributed by atoms with Crippen molar-refractivity contribution in [3.05, 3.63) is 35.1 Å². The quantitative estimate of drug-likeness (QED) is 0.212. The van der Waals surface area contributed by atoms with Gasteiger partial charge in [-0.25, -0.2) is 8.42 Å². The van der Waals surface area contributed by atoms with Gasteiger partial charge in [0.2, 0.25) is 5.91 Å². The van der Waals surface area contributed by atoms with Crippen LogP contribution in [0.2, 0.25) is 0 Å². The summed E-state index contributed by atoms with van der Waals surface area (Å²) in [5, 5.41) is 14.4. The number of alkyl halides is 3. The van der Waals surface area contributed by atoms with Crippen molar-refractivity contribution in [2.45, 2.75) is 51.4 Å². The number of carbonyl (C=O) groups is 1. The van der Waals surface area contributed by atoms with E-state index in [1.165, 1.54) is 13.0 Å². The number of hydrogen-bond acceptors (Lipinski definition) is 6. The molecule has 0 bridgehead atoms. The largest absolute Gasteiger partial charge is 0.481 e. The SMILES string of the molecule is CC1=CC=C(C2CC2)C(O[C@@H](C)C(F)(F)F)=CC1C(=O)NC(C)(CS(C)(=O)=O)/C(N)=N/O. The predicted octanol–water partition coefficient (Wildman–Crippen LogP) is 2.42. The normalized spacial score (nSPS) is 23.2. The van der Waals surface area contributed by atoms with Crippen LogP contribution < -0.4 is 11.1 Å². The fourth-order valence-corrected chi connectivity index (χ4v) is 4.59. The molecule has 8 nitrogen and oxygen atoms in total. The fourth-order valence-electron chi connectivity index (χ4n) is 3.32. The minimum absolute atomic E-state index is 0.0419. The van der Waals surface area contributed by atoms with Crippen molar-refractivity contribution in [3.63, 3.8) is 0 Å². The summed E-state index contributed by atoms with van der Waals surface area (Å²) >= 11 is 0. The average Bonchev–Trinajstić information content (AvgIpc) is 3.47. The topological polar surface area (TPSA) is 131 Å². The number of sulfone groups is 1. The van der Waals surface area contributed by atoms with E-state index in [0.29, 0.717) is 11.1 Å². The molecular formula is C20H28F3N3O5S. The molecule has 3 atom stereocenters. The van der Waals surface area contributed by atoms with Gasteiger partial charge >= 0.3 is 6.18 Å². The lowest BCUT2D eigenvalue weighted by Gasteiger charge is -2.30. The number of hydrogen-bond donors (Lipinski definition) is 3. The molecule has 0 aromatic carbocycles. The molecule has 0 radical (unpaired) electrons. The van der Waals surface area contributed by atoms with Crippen LogP contribution in [0.3, 0.4) is 0 Å². The van der Waals surface area contributed by atoms with E-state index >= 15 is 0 Å². The number of amidine groups is 1. The number of nitrogens with zero attached hydrogens (tertiary/aromatic N) is 1. The Morgan fingerprint density at radius 1 is 1.38 bits per heavy atom. The van der Waals surface area contributed by atoms with Crippen LogP contribution >= 0.6 is 0 Å². The van der Waals surface area contributed by atoms with E-state index in [9.17, 15) is 26.4 Å². The maximum atomic E-state index is 13.1. The van der Waals surface area contributed by atoms with Crippen molar-refractivity contribution in [2.75, 3.05) is 12.0 Å². The second-order valence-electron chi connectivity index (χ2n) is 8.49. The molecule has 1 amide bonds. The van der Waals surface area contributed by atoms with E-state index in [0.717, 1.165) is 26.0 Å². The van der Waals surface area contributed by atoms with Gasteiger partial charge in [-0.2, -0.15) is 13.2 Å². The van der Waals surface area contributed by atoms with Gasteiger partial charge < -0.3 is 21.0 Å². The van der Waals surface area contributed by atoms with E-state index in [4.69, 9.17) is 15.7 Å². The Balaban J connectivity index is 2.41. The predicted molar refractivity (Wildman–Crippen MR) is 112 cm³/mol. The molecule has 2 unspecified atom stereocenters. The van der Waals surface area contributed by atoms with E-state index in [1.54, 1.807) is 19.1 Å². The van der Waals surface area contributed by atoms with Crippen LogP contribution in [0.25, 0.3) is 0 Å². The van der Waals surface area contributed by atoms with Gasteiger partial charge in [0.05, 0.1) is 11.7 Å². The number of halogens is 3. The van der Waals surface area contributed by atoms with Gasteiger partial charge in [-0.15, -0.1) is 0 Å². The number of allylic oxidation sites excluding steroid dienone is 3. The highest BCUT2D eigenvalue weighted by Gasteiger charge is 2.41. The molecule has 1 fully saturated rings. The van der Waals surface area contributed by atoms with Crippen LogP contribution in [-0.4, -0.2) is 55.2 Å². The zero-order valence-electron chi connectivity index (χ0n) is 18.2. The molecule has 2 aliphatic carbocycles. The summed E-state index contributed by atoms with van der Waals surface area (Å²) < 4.78 is 68.3.